The van der Waals surface area contributed by atoms with Gasteiger partial charge in [-0.05, 0) is 58.6 Å². The average Bonchev–Trinajstić information content (AvgIpc) is 2.71. The zero-order chi connectivity index (χ0) is 18.8. The van der Waals surface area contributed by atoms with Crippen LogP contribution in [0.5, 0.6) is 0 Å². The second-order valence-corrected chi connectivity index (χ2v) is 8.15. The van der Waals surface area contributed by atoms with Crippen LogP contribution in [0.25, 0.3) is 0 Å². The van der Waals surface area contributed by atoms with Crippen molar-refractivity contribution in [2.45, 2.75) is 91.3 Å². The normalized spacial score (nSPS) is 18.8. The van der Waals surface area contributed by atoms with Crippen LogP contribution in [-0.4, -0.2) is 18.3 Å². The van der Waals surface area contributed by atoms with E-state index in [9.17, 15) is 8.78 Å². The third-order valence-electron chi connectivity index (χ3n) is 5.57. The second kappa shape index (κ2) is 7.75. The lowest BCUT2D eigenvalue weighted by Gasteiger charge is -2.32. The molecule has 1 aliphatic heterocycles. The summed E-state index contributed by atoms with van der Waals surface area (Å²) in [6.07, 6.45) is 6.00. The molecule has 0 N–H and O–H groups in total. The number of hydrogen-bond acceptors (Lipinski definition) is 2. The molecule has 0 saturated carbocycles. The molecule has 0 spiro atoms. The minimum atomic E-state index is -0.877. The van der Waals surface area contributed by atoms with E-state index in [0.717, 1.165) is 19.3 Å². The maximum absolute atomic E-state index is 14.8. The Kier molecular flexibility index (Phi) is 6.32. The highest BCUT2D eigenvalue weighted by Crippen LogP contribution is 2.37. The first-order valence-corrected chi connectivity index (χ1v) is 9.43. The van der Waals surface area contributed by atoms with Gasteiger partial charge in [-0.3, -0.25) is 0 Å². The molecule has 25 heavy (non-hydrogen) atoms. The summed E-state index contributed by atoms with van der Waals surface area (Å²) in [6, 6.07) is 1.75. The molecule has 0 atom stereocenters. The number of rotatable bonds is 7. The quantitative estimate of drug-likeness (QED) is 0.503. The zero-order valence-electron chi connectivity index (χ0n) is 16.5. The van der Waals surface area contributed by atoms with Gasteiger partial charge in [-0.2, -0.15) is 0 Å². The van der Waals surface area contributed by atoms with Crippen LogP contribution in [0.3, 0.4) is 0 Å². The van der Waals surface area contributed by atoms with Crippen molar-refractivity contribution in [2.75, 3.05) is 0 Å². The molecule has 0 aliphatic carbocycles. The fraction of sp³-hybridized carbons (Fsp3) is 0.700. The van der Waals surface area contributed by atoms with Gasteiger partial charge in [0.05, 0.1) is 11.2 Å². The summed E-state index contributed by atoms with van der Waals surface area (Å²) in [6.45, 7) is 11.6. The first-order valence-electron chi connectivity index (χ1n) is 9.43. The molecule has 1 saturated heterocycles. The molecule has 5 heteroatoms. The minimum absolute atomic E-state index is 0.186. The number of benzene rings is 1. The van der Waals surface area contributed by atoms with Gasteiger partial charge in [0.25, 0.3) is 0 Å². The lowest BCUT2D eigenvalue weighted by Crippen LogP contribution is -2.41. The van der Waals surface area contributed by atoms with Crippen LogP contribution >= 0.6 is 0 Å². The molecule has 140 valence electrons. The third-order valence-corrected chi connectivity index (χ3v) is 5.57. The van der Waals surface area contributed by atoms with Crippen molar-refractivity contribution >= 4 is 12.6 Å². The molecular formula is C20H31BF2O2. The Morgan fingerprint density at radius 2 is 1.48 bits per heavy atom. The van der Waals surface area contributed by atoms with E-state index in [1.54, 1.807) is 13.0 Å². The van der Waals surface area contributed by atoms with E-state index in [1.807, 2.05) is 27.7 Å². The van der Waals surface area contributed by atoms with Gasteiger partial charge in [0.15, 0.2) is 11.6 Å². The summed E-state index contributed by atoms with van der Waals surface area (Å²) >= 11 is 0. The number of hydrogen-bond donors (Lipinski definition) is 0. The predicted molar refractivity (Wildman–Crippen MR) is 99.3 cm³/mol. The second-order valence-electron chi connectivity index (χ2n) is 8.15. The Morgan fingerprint density at radius 3 is 2.04 bits per heavy atom. The topological polar surface area (TPSA) is 18.5 Å². The lowest BCUT2D eigenvalue weighted by atomic mass is 9.75. The van der Waals surface area contributed by atoms with Crippen molar-refractivity contribution in [1.29, 1.82) is 0 Å². The molecule has 0 amide bonds. The van der Waals surface area contributed by atoms with Gasteiger partial charge >= 0.3 is 7.12 Å². The van der Waals surface area contributed by atoms with Crippen molar-refractivity contribution in [1.82, 2.24) is 0 Å². The summed E-state index contributed by atoms with van der Waals surface area (Å²) in [4.78, 5) is 0. The maximum atomic E-state index is 14.8. The molecule has 0 aromatic heterocycles. The highest BCUT2D eigenvalue weighted by Gasteiger charge is 2.53. The van der Waals surface area contributed by atoms with Gasteiger partial charge in [-0.1, -0.05) is 38.7 Å². The molecule has 2 rings (SSSR count). The van der Waals surface area contributed by atoms with Crippen molar-refractivity contribution in [3.05, 3.63) is 28.8 Å². The Labute approximate surface area is 151 Å². The van der Waals surface area contributed by atoms with E-state index in [2.05, 4.69) is 6.92 Å². The van der Waals surface area contributed by atoms with Crippen LogP contribution in [0, 0.1) is 18.6 Å². The molecule has 1 aliphatic rings. The van der Waals surface area contributed by atoms with Crippen LogP contribution < -0.4 is 5.46 Å². The van der Waals surface area contributed by atoms with Gasteiger partial charge in [0.2, 0.25) is 0 Å². The summed E-state index contributed by atoms with van der Waals surface area (Å²) < 4.78 is 41.1. The van der Waals surface area contributed by atoms with E-state index in [-0.39, 0.29) is 5.46 Å². The smallest absolute Gasteiger partial charge is 0.399 e. The molecule has 1 aromatic carbocycles. The molecule has 1 aromatic rings. The largest absolute Gasteiger partial charge is 0.498 e. The van der Waals surface area contributed by atoms with E-state index < -0.39 is 30.0 Å². The Hall–Kier alpha value is -0.935. The van der Waals surface area contributed by atoms with Gasteiger partial charge in [-0.15, -0.1) is 0 Å². The SMILES string of the molecule is CCCCCCCc1cc(C)c(B2OC(C)(C)C(C)(C)O2)c(F)c1F. The van der Waals surface area contributed by atoms with Crippen LogP contribution in [0.15, 0.2) is 6.07 Å². The highest BCUT2D eigenvalue weighted by atomic mass is 19.2. The monoisotopic (exact) mass is 352 g/mol. The van der Waals surface area contributed by atoms with Crippen LogP contribution in [-0.2, 0) is 15.7 Å². The summed E-state index contributed by atoms with van der Waals surface area (Å²) in [5, 5.41) is 0. The molecule has 2 nitrogen and oxygen atoms in total. The zero-order valence-corrected chi connectivity index (χ0v) is 16.5. The first-order chi connectivity index (χ1) is 11.6. The molecule has 1 fully saturated rings. The third kappa shape index (κ3) is 4.25. The molecule has 0 unspecified atom stereocenters. The summed E-state index contributed by atoms with van der Waals surface area (Å²) in [5.74, 6) is -1.59. The fourth-order valence-corrected chi connectivity index (χ4v) is 3.19. The van der Waals surface area contributed by atoms with Crippen LogP contribution in [0.1, 0.15) is 77.8 Å². The molecule has 0 radical (unpaired) electrons. The van der Waals surface area contributed by atoms with E-state index >= 15 is 0 Å². The Bertz CT molecular complexity index is 598. The number of aryl methyl sites for hydroxylation is 2. The standard InChI is InChI=1S/C20H31BF2O2/c1-7-8-9-10-11-12-15-13-14(2)16(18(23)17(15)22)21-24-19(3,4)20(5,6)25-21/h13H,7-12H2,1-6H3. The van der Waals surface area contributed by atoms with Crippen molar-refractivity contribution < 1.29 is 18.1 Å². The van der Waals surface area contributed by atoms with Crippen molar-refractivity contribution in [3.8, 4) is 0 Å². The van der Waals surface area contributed by atoms with E-state index in [1.165, 1.54) is 12.8 Å². The minimum Gasteiger partial charge on any atom is -0.399 e. The predicted octanol–water partition coefficient (Wildman–Crippen LogP) is 5.09. The van der Waals surface area contributed by atoms with E-state index in [0.29, 0.717) is 17.5 Å². The van der Waals surface area contributed by atoms with Gasteiger partial charge < -0.3 is 9.31 Å². The Morgan fingerprint density at radius 1 is 0.920 bits per heavy atom. The van der Waals surface area contributed by atoms with Crippen molar-refractivity contribution in [3.63, 3.8) is 0 Å². The van der Waals surface area contributed by atoms with Gasteiger partial charge in [0.1, 0.15) is 0 Å². The lowest BCUT2D eigenvalue weighted by molar-refractivity contribution is 0.00578. The average molecular weight is 352 g/mol. The summed E-state index contributed by atoms with van der Waals surface area (Å²) in [5.41, 5.74) is 0.161. The van der Waals surface area contributed by atoms with Crippen LogP contribution in [0.2, 0.25) is 0 Å². The number of halogens is 2. The molecule has 0 bridgehead atoms. The highest BCUT2D eigenvalue weighted by molar-refractivity contribution is 6.62. The molecule has 1 heterocycles. The Balaban J connectivity index is 2.18. The molecular weight excluding hydrogens is 321 g/mol. The maximum Gasteiger partial charge on any atom is 0.498 e. The number of unbranched alkanes of at least 4 members (excludes halogenated alkanes) is 4. The van der Waals surface area contributed by atoms with E-state index in [4.69, 9.17) is 9.31 Å². The van der Waals surface area contributed by atoms with Gasteiger partial charge in [0, 0.05) is 5.46 Å². The summed E-state index contributed by atoms with van der Waals surface area (Å²) in [7, 11) is -0.877. The van der Waals surface area contributed by atoms with Gasteiger partial charge in [-0.25, -0.2) is 8.78 Å². The van der Waals surface area contributed by atoms with Crippen molar-refractivity contribution in [2.24, 2.45) is 0 Å². The van der Waals surface area contributed by atoms with Crippen LogP contribution in [0.4, 0.5) is 8.78 Å². The first kappa shape index (κ1) is 20.4. The fourth-order valence-electron chi connectivity index (χ4n) is 3.19.